The smallest absolute Gasteiger partial charge is 0.317 e. The molecule has 126 valence electrons. The number of amides is 2. The van der Waals surface area contributed by atoms with E-state index in [1.54, 1.807) is 36.4 Å². The van der Waals surface area contributed by atoms with Gasteiger partial charge >= 0.3 is 6.03 Å². The summed E-state index contributed by atoms with van der Waals surface area (Å²) < 4.78 is 13.1. The van der Waals surface area contributed by atoms with Crippen LogP contribution in [0.1, 0.15) is 31.2 Å². The van der Waals surface area contributed by atoms with Crippen molar-refractivity contribution in [1.29, 1.82) is 0 Å². The maximum Gasteiger partial charge on any atom is 0.322 e. The molecule has 0 heterocycles. The lowest BCUT2D eigenvalue weighted by molar-refractivity contribution is 0.184. The molecule has 0 unspecified atom stereocenters. The van der Waals surface area contributed by atoms with E-state index in [-0.39, 0.29) is 17.9 Å². The second-order valence-corrected chi connectivity index (χ2v) is 6.57. The quantitative estimate of drug-likeness (QED) is 0.783. The van der Waals surface area contributed by atoms with Crippen molar-refractivity contribution in [1.82, 2.24) is 4.90 Å². The minimum Gasteiger partial charge on any atom is -0.317 e. The Morgan fingerprint density at radius 3 is 2.33 bits per heavy atom. The van der Waals surface area contributed by atoms with Crippen LogP contribution >= 0.6 is 11.6 Å². The highest BCUT2D eigenvalue weighted by Gasteiger charge is 2.26. The molecule has 1 aliphatic rings. The Balaban J connectivity index is 1.74. The van der Waals surface area contributed by atoms with Crippen LogP contribution in [-0.4, -0.2) is 17.0 Å². The van der Waals surface area contributed by atoms with Crippen molar-refractivity contribution in [3.63, 3.8) is 0 Å². The average Bonchev–Trinajstić information content (AvgIpc) is 3.10. The zero-order chi connectivity index (χ0) is 16.9. The molecule has 2 amide bonds. The van der Waals surface area contributed by atoms with Crippen LogP contribution in [0.4, 0.5) is 14.9 Å². The Morgan fingerprint density at radius 2 is 1.71 bits per heavy atom. The standard InChI is InChI=1S/C19H20ClFN2O/c20-15-7-11-17(12-8-15)22-19(24)23(18-3-1-2-4-18)13-14-5-9-16(21)10-6-14/h5-12,18H,1-4,13H2,(H,22,24). The fourth-order valence-corrected chi connectivity index (χ4v) is 3.22. The van der Waals surface area contributed by atoms with Gasteiger partial charge < -0.3 is 10.2 Å². The van der Waals surface area contributed by atoms with Crippen LogP contribution < -0.4 is 5.32 Å². The van der Waals surface area contributed by atoms with E-state index in [2.05, 4.69) is 5.32 Å². The van der Waals surface area contributed by atoms with E-state index in [0.29, 0.717) is 17.3 Å². The van der Waals surface area contributed by atoms with Crippen LogP contribution in [0, 0.1) is 5.82 Å². The first-order chi connectivity index (χ1) is 11.6. The lowest BCUT2D eigenvalue weighted by Crippen LogP contribution is -2.41. The molecule has 0 radical (unpaired) electrons. The van der Waals surface area contributed by atoms with Crippen LogP contribution in [0.3, 0.4) is 0 Å². The average molecular weight is 347 g/mol. The highest BCUT2D eigenvalue weighted by atomic mass is 35.5. The third-order valence-electron chi connectivity index (χ3n) is 4.39. The summed E-state index contributed by atoms with van der Waals surface area (Å²) >= 11 is 5.88. The molecule has 1 saturated carbocycles. The number of nitrogens with zero attached hydrogens (tertiary/aromatic N) is 1. The number of benzene rings is 2. The summed E-state index contributed by atoms with van der Waals surface area (Å²) in [5.41, 5.74) is 1.64. The van der Waals surface area contributed by atoms with Crippen molar-refractivity contribution >= 4 is 23.3 Å². The van der Waals surface area contributed by atoms with E-state index in [4.69, 9.17) is 11.6 Å². The Bertz CT molecular complexity index is 682. The van der Waals surface area contributed by atoms with Gasteiger partial charge in [0.1, 0.15) is 5.82 Å². The van der Waals surface area contributed by atoms with E-state index in [9.17, 15) is 9.18 Å². The van der Waals surface area contributed by atoms with Gasteiger partial charge in [-0.3, -0.25) is 0 Å². The van der Waals surface area contributed by atoms with Crippen molar-refractivity contribution in [2.75, 3.05) is 5.32 Å². The van der Waals surface area contributed by atoms with Gasteiger partial charge in [-0.25, -0.2) is 9.18 Å². The summed E-state index contributed by atoms with van der Waals surface area (Å²) in [4.78, 5) is 14.6. The van der Waals surface area contributed by atoms with Gasteiger partial charge in [0.25, 0.3) is 0 Å². The minimum absolute atomic E-state index is 0.131. The minimum atomic E-state index is -0.267. The molecule has 0 atom stereocenters. The highest BCUT2D eigenvalue weighted by Crippen LogP contribution is 2.26. The van der Waals surface area contributed by atoms with Gasteiger partial charge in [-0.1, -0.05) is 36.6 Å². The van der Waals surface area contributed by atoms with E-state index >= 15 is 0 Å². The van der Waals surface area contributed by atoms with Crippen LogP contribution in [0.5, 0.6) is 0 Å². The van der Waals surface area contributed by atoms with Gasteiger partial charge in [-0.05, 0) is 54.8 Å². The van der Waals surface area contributed by atoms with Crippen molar-refractivity contribution in [3.8, 4) is 0 Å². The fraction of sp³-hybridized carbons (Fsp3) is 0.316. The van der Waals surface area contributed by atoms with Gasteiger partial charge in [-0.15, -0.1) is 0 Å². The normalized spacial score (nSPS) is 14.6. The second-order valence-electron chi connectivity index (χ2n) is 6.13. The summed E-state index contributed by atoms with van der Waals surface area (Å²) in [5.74, 6) is -0.267. The van der Waals surface area contributed by atoms with E-state index < -0.39 is 0 Å². The molecule has 1 aliphatic carbocycles. The molecular formula is C19H20ClFN2O. The Hall–Kier alpha value is -2.07. The Kier molecular flexibility index (Phi) is 5.36. The number of urea groups is 1. The zero-order valence-electron chi connectivity index (χ0n) is 13.3. The summed E-state index contributed by atoms with van der Waals surface area (Å²) in [5, 5.41) is 3.56. The molecule has 1 fully saturated rings. The van der Waals surface area contributed by atoms with Crippen LogP contribution in [0.25, 0.3) is 0 Å². The van der Waals surface area contributed by atoms with Gasteiger partial charge in [-0.2, -0.15) is 0 Å². The van der Waals surface area contributed by atoms with E-state index in [1.165, 1.54) is 12.1 Å². The van der Waals surface area contributed by atoms with Crippen molar-refractivity contribution in [3.05, 3.63) is 64.9 Å². The predicted molar refractivity (Wildman–Crippen MR) is 94.7 cm³/mol. The molecule has 0 spiro atoms. The number of rotatable bonds is 4. The topological polar surface area (TPSA) is 32.3 Å². The predicted octanol–water partition coefficient (Wildman–Crippen LogP) is 5.46. The zero-order valence-corrected chi connectivity index (χ0v) is 14.1. The molecule has 0 bridgehead atoms. The van der Waals surface area contributed by atoms with E-state index in [1.807, 2.05) is 4.90 Å². The summed E-state index contributed by atoms with van der Waals surface area (Å²) in [6.07, 6.45) is 4.29. The number of hydrogen-bond donors (Lipinski definition) is 1. The largest absolute Gasteiger partial charge is 0.322 e. The first kappa shape index (κ1) is 16.8. The highest BCUT2D eigenvalue weighted by molar-refractivity contribution is 6.30. The van der Waals surface area contributed by atoms with Crippen molar-refractivity contribution in [2.45, 2.75) is 38.3 Å². The molecule has 0 aromatic heterocycles. The molecule has 2 aromatic rings. The second kappa shape index (κ2) is 7.67. The first-order valence-corrected chi connectivity index (χ1v) is 8.57. The SMILES string of the molecule is O=C(Nc1ccc(Cl)cc1)N(Cc1ccc(F)cc1)C1CCCC1. The molecule has 0 aliphatic heterocycles. The summed E-state index contributed by atoms with van der Waals surface area (Å²) in [7, 11) is 0. The Morgan fingerprint density at radius 1 is 1.08 bits per heavy atom. The number of carbonyl (C=O) groups is 1. The van der Waals surface area contributed by atoms with Gasteiger partial charge in [0, 0.05) is 23.3 Å². The summed E-state index contributed by atoms with van der Waals surface area (Å²) in [6.45, 7) is 0.477. The number of nitrogens with one attached hydrogen (secondary N) is 1. The third kappa shape index (κ3) is 4.26. The van der Waals surface area contributed by atoms with Gasteiger partial charge in [0.05, 0.1) is 0 Å². The molecular weight excluding hydrogens is 327 g/mol. The van der Waals surface area contributed by atoms with Crippen molar-refractivity contribution in [2.24, 2.45) is 0 Å². The van der Waals surface area contributed by atoms with Gasteiger partial charge in [0.15, 0.2) is 0 Å². The maximum absolute atomic E-state index is 13.1. The number of carbonyl (C=O) groups excluding carboxylic acids is 1. The van der Waals surface area contributed by atoms with Crippen LogP contribution in [0.15, 0.2) is 48.5 Å². The van der Waals surface area contributed by atoms with Crippen molar-refractivity contribution < 1.29 is 9.18 Å². The third-order valence-corrected chi connectivity index (χ3v) is 4.64. The molecule has 1 N–H and O–H groups in total. The first-order valence-electron chi connectivity index (χ1n) is 8.19. The Labute approximate surface area is 146 Å². The monoisotopic (exact) mass is 346 g/mol. The summed E-state index contributed by atoms with van der Waals surface area (Å²) in [6, 6.07) is 13.5. The molecule has 2 aromatic carbocycles. The maximum atomic E-state index is 13.1. The number of hydrogen-bond acceptors (Lipinski definition) is 1. The fourth-order valence-electron chi connectivity index (χ4n) is 3.10. The lowest BCUT2D eigenvalue weighted by atomic mass is 10.1. The number of halogens is 2. The van der Waals surface area contributed by atoms with Gasteiger partial charge in [0.2, 0.25) is 0 Å². The number of anilines is 1. The lowest BCUT2D eigenvalue weighted by Gasteiger charge is -2.29. The molecule has 5 heteroatoms. The van der Waals surface area contributed by atoms with Crippen LogP contribution in [-0.2, 0) is 6.54 Å². The van der Waals surface area contributed by atoms with E-state index in [0.717, 1.165) is 31.2 Å². The molecule has 24 heavy (non-hydrogen) atoms. The molecule has 0 saturated heterocycles. The molecule has 3 nitrogen and oxygen atoms in total. The molecule has 3 rings (SSSR count). The van der Waals surface area contributed by atoms with Crippen LogP contribution in [0.2, 0.25) is 5.02 Å².